The second-order valence-electron chi connectivity index (χ2n) is 5.10. The lowest BCUT2D eigenvalue weighted by molar-refractivity contribution is -0.00710. The van der Waals surface area contributed by atoms with Crippen molar-refractivity contribution < 1.29 is 4.74 Å². The van der Waals surface area contributed by atoms with E-state index in [4.69, 9.17) is 4.74 Å². The molecule has 1 saturated heterocycles. The van der Waals surface area contributed by atoms with Crippen LogP contribution >= 0.6 is 11.3 Å². The molecule has 1 N–H and O–H groups in total. The van der Waals surface area contributed by atoms with E-state index in [0.29, 0.717) is 12.0 Å². The van der Waals surface area contributed by atoms with Gasteiger partial charge in [-0.05, 0) is 18.1 Å². The highest BCUT2D eigenvalue weighted by atomic mass is 32.1. The molecule has 18 heavy (non-hydrogen) atoms. The highest BCUT2D eigenvalue weighted by molar-refractivity contribution is 7.18. The van der Waals surface area contributed by atoms with Crippen molar-refractivity contribution in [3.05, 3.63) is 29.3 Å². The van der Waals surface area contributed by atoms with Gasteiger partial charge in [-0.25, -0.2) is 4.98 Å². The number of hydrogen-bond donors (Lipinski definition) is 1. The van der Waals surface area contributed by atoms with Gasteiger partial charge in [0, 0.05) is 12.6 Å². The summed E-state index contributed by atoms with van der Waals surface area (Å²) < 4.78 is 7.19. The monoisotopic (exact) mass is 262 g/mol. The lowest BCUT2D eigenvalue weighted by Gasteiger charge is -2.31. The van der Waals surface area contributed by atoms with Gasteiger partial charge in [0.15, 0.2) is 0 Å². The molecule has 0 saturated carbocycles. The summed E-state index contributed by atoms with van der Waals surface area (Å²) in [5.41, 5.74) is 1.08. The molecule has 1 aliphatic heterocycles. The van der Waals surface area contributed by atoms with E-state index in [1.165, 1.54) is 4.70 Å². The average molecular weight is 262 g/mol. The fourth-order valence-corrected chi connectivity index (χ4v) is 3.23. The number of nitrogens with one attached hydrogen (secondary N) is 1. The number of ether oxygens (including phenoxy) is 1. The van der Waals surface area contributed by atoms with Crippen LogP contribution in [-0.4, -0.2) is 24.2 Å². The lowest BCUT2D eigenvalue weighted by Crippen LogP contribution is -2.45. The first kappa shape index (κ1) is 12.1. The Balaban J connectivity index is 1.76. The number of thiazole rings is 1. The summed E-state index contributed by atoms with van der Waals surface area (Å²) in [5, 5.41) is 4.64. The standard InChI is InChI=1S/C14H18N2OS/c1-9(2)11-8-17-12(7-15-11)14-16-10-5-3-4-6-13(10)18-14/h3-6,9,11-12,15H,7-8H2,1-2H3. The fraction of sp³-hybridized carbons (Fsp3) is 0.500. The quantitative estimate of drug-likeness (QED) is 0.903. The minimum Gasteiger partial charge on any atom is -0.368 e. The summed E-state index contributed by atoms with van der Waals surface area (Å²) in [4.78, 5) is 4.66. The Morgan fingerprint density at radius 2 is 2.22 bits per heavy atom. The first-order chi connectivity index (χ1) is 8.74. The number of fused-ring (bicyclic) bond motifs is 1. The van der Waals surface area contributed by atoms with Crippen molar-refractivity contribution in [2.45, 2.75) is 26.0 Å². The summed E-state index contributed by atoms with van der Waals surface area (Å²) >= 11 is 1.74. The Morgan fingerprint density at radius 3 is 2.89 bits per heavy atom. The van der Waals surface area contributed by atoms with Gasteiger partial charge in [-0.1, -0.05) is 26.0 Å². The van der Waals surface area contributed by atoms with Gasteiger partial charge in [0.2, 0.25) is 0 Å². The van der Waals surface area contributed by atoms with Crippen LogP contribution in [0, 0.1) is 5.92 Å². The molecule has 2 aromatic rings. The molecule has 0 aliphatic carbocycles. The highest BCUT2D eigenvalue weighted by Crippen LogP contribution is 2.29. The summed E-state index contributed by atoms with van der Waals surface area (Å²) in [6.45, 7) is 6.08. The molecule has 0 amide bonds. The summed E-state index contributed by atoms with van der Waals surface area (Å²) in [7, 11) is 0. The van der Waals surface area contributed by atoms with Crippen LogP contribution in [0.15, 0.2) is 24.3 Å². The molecule has 1 aromatic carbocycles. The Morgan fingerprint density at radius 1 is 1.39 bits per heavy atom. The minimum absolute atomic E-state index is 0.109. The topological polar surface area (TPSA) is 34.1 Å². The molecule has 1 aliphatic rings. The largest absolute Gasteiger partial charge is 0.368 e. The lowest BCUT2D eigenvalue weighted by atomic mass is 10.0. The van der Waals surface area contributed by atoms with E-state index < -0.39 is 0 Å². The Hall–Kier alpha value is -0.970. The maximum atomic E-state index is 5.95. The van der Waals surface area contributed by atoms with Gasteiger partial charge in [0.05, 0.1) is 16.8 Å². The van der Waals surface area contributed by atoms with E-state index in [9.17, 15) is 0 Å². The first-order valence-electron chi connectivity index (χ1n) is 6.44. The first-order valence-corrected chi connectivity index (χ1v) is 7.26. The zero-order valence-corrected chi connectivity index (χ0v) is 11.5. The maximum absolute atomic E-state index is 5.95. The molecule has 4 heteroatoms. The van der Waals surface area contributed by atoms with Crippen molar-refractivity contribution >= 4 is 21.6 Å². The predicted molar refractivity (Wildman–Crippen MR) is 74.9 cm³/mol. The number of morpholine rings is 1. The van der Waals surface area contributed by atoms with Crippen molar-refractivity contribution in [3.63, 3.8) is 0 Å². The average Bonchev–Trinajstić information content (AvgIpc) is 2.82. The van der Waals surface area contributed by atoms with Gasteiger partial charge < -0.3 is 10.1 Å². The minimum atomic E-state index is 0.109. The molecule has 0 radical (unpaired) electrons. The van der Waals surface area contributed by atoms with Gasteiger partial charge in [-0.3, -0.25) is 0 Å². The predicted octanol–water partition coefficient (Wildman–Crippen LogP) is 2.98. The van der Waals surface area contributed by atoms with E-state index in [-0.39, 0.29) is 6.10 Å². The molecular weight excluding hydrogens is 244 g/mol. The van der Waals surface area contributed by atoms with Gasteiger partial charge in [0.1, 0.15) is 11.1 Å². The molecule has 2 unspecified atom stereocenters. The zero-order valence-electron chi connectivity index (χ0n) is 10.7. The van der Waals surface area contributed by atoms with Crippen LogP contribution < -0.4 is 5.32 Å². The van der Waals surface area contributed by atoms with Crippen LogP contribution in [0.5, 0.6) is 0 Å². The highest BCUT2D eigenvalue weighted by Gasteiger charge is 2.26. The second-order valence-corrected chi connectivity index (χ2v) is 6.16. The van der Waals surface area contributed by atoms with E-state index in [2.05, 4.69) is 42.3 Å². The van der Waals surface area contributed by atoms with Crippen LogP contribution in [0.25, 0.3) is 10.2 Å². The van der Waals surface area contributed by atoms with Gasteiger partial charge in [0.25, 0.3) is 0 Å². The van der Waals surface area contributed by atoms with Crippen molar-refractivity contribution in [1.29, 1.82) is 0 Å². The smallest absolute Gasteiger partial charge is 0.124 e. The maximum Gasteiger partial charge on any atom is 0.124 e. The molecule has 0 spiro atoms. The molecule has 2 heterocycles. The number of aromatic nitrogens is 1. The third kappa shape index (κ3) is 2.28. The third-order valence-corrected chi connectivity index (χ3v) is 4.56. The van der Waals surface area contributed by atoms with Gasteiger partial charge in [-0.15, -0.1) is 11.3 Å². The number of rotatable bonds is 2. The van der Waals surface area contributed by atoms with E-state index in [0.717, 1.165) is 23.7 Å². The van der Waals surface area contributed by atoms with Crippen LogP contribution in [0.3, 0.4) is 0 Å². The normalized spacial score (nSPS) is 24.8. The van der Waals surface area contributed by atoms with Crippen molar-refractivity contribution in [2.24, 2.45) is 5.92 Å². The van der Waals surface area contributed by atoms with Crippen molar-refractivity contribution in [1.82, 2.24) is 10.3 Å². The van der Waals surface area contributed by atoms with Crippen molar-refractivity contribution in [2.75, 3.05) is 13.2 Å². The number of nitrogens with zero attached hydrogens (tertiary/aromatic N) is 1. The fourth-order valence-electron chi connectivity index (χ4n) is 2.21. The summed E-state index contributed by atoms with van der Waals surface area (Å²) in [5.74, 6) is 0.612. The Labute approximate surface area is 111 Å². The van der Waals surface area contributed by atoms with E-state index >= 15 is 0 Å². The molecule has 1 aromatic heterocycles. The Bertz CT molecular complexity index is 496. The van der Waals surface area contributed by atoms with Crippen LogP contribution in [0.1, 0.15) is 25.0 Å². The second kappa shape index (κ2) is 4.96. The molecule has 0 bridgehead atoms. The Kier molecular flexibility index (Phi) is 3.33. The van der Waals surface area contributed by atoms with Crippen LogP contribution in [0.2, 0.25) is 0 Å². The third-order valence-electron chi connectivity index (χ3n) is 3.43. The van der Waals surface area contributed by atoms with E-state index in [1.54, 1.807) is 11.3 Å². The van der Waals surface area contributed by atoms with Crippen LogP contribution in [0.4, 0.5) is 0 Å². The molecule has 96 valence electrons. The summed E-state index contributed by atoms with van der Waals surface area (Å²) in [6, 6.07) is 8.72. The molecular formula is C14H18N2OS. The summed E-state index contributed by atoms with van der Waals surface area (Å²) in [6.07, 6.45) is 0.109. The number of benzene rings is 1. The SMILES string of the molecule is CC(C)C1COC(c2nc3ccccc3s2)CN1. The van der Waals surface area contributed by atoms with Gasteiger partial charge >= 0.3 is 0 Å². The molecule has 3 rings (SSSR count). The molecule has 3 nitrogen and oxygen atoms in total. The van der Waals surface area contributed by atoms with E-state index in [1.807, 2.05) is 6.07 Å². The van der Waals surface area contributed by atoms with Gasteiger partial charge in [-0.2, -0.15) is 0 Å². The zero-order chi connectivity index (χ0) is 12.5. The molecule has 1 fully saturated rings. The van der Waals surface area contributed by atoms with Crippen molar-refractivity contribution in [3.8, 4) is 0 Å². The van der Waals surface area contributed by atoms with Crippen LogP contribution in [-0.2, 0) is 4.74 Å². The number of para-hydroxylation sites is 1. The molecule has 2 atom stereocenters. The number of hydrogen-bond acceptors (Lipinski definition) is 4.